The van der Waals surface area contributed by atoms with Crippen LogP contribution in [-0.4, -0.2) is 42.6 Å². The number of nitrogens with two attached hydrogens (primary N) is 1. The maximum atomic E-state index is 12.1. The Hall–Kier alpha value is -0.610. The molecule has 3 unspecified atom stereocenters. The van der Waals surface area contributed by atoms with Crippen molar-refractivity contribution in [3.05, 3.63) is 0 Å². The SMILES string of the molecule is CCN(CC(C)CN)C(=O)C1CCC(C)O1. The van der Waals surface area contributed by atoms with Crippen molar-refractivity contribution in [3.63, 3.8) is 0 Å². The zero-order valence-electron chi connectivity index (χ0n) is 10.6. The number of rotatable bonds is 5. The normalized spacial score (nSPS) is 26.8. The lowest BCUT2D eigenvalue weighted by atomic mass is 10.1. The van der Waals surface area contributed by atoms with E-state index < -0.39 is 0 Å². The van der Waals surface area contributed by atoms with E-state index in [0.29, 0.717) is 12.5 Å². The molecule has 1 aliphatic heterocycles. The number of amides is 1. The lowest BCUT2D eigenvalue weighted by Gasteiger charge is -2.26. The van der Waals surface area contributed by atoms with Crippen LogP contribution < -0.4 is 5.73 Å². The van der Waals surface area contributed by atoms with Crippen LogP contribution in [0.25, 0.3) is 0 Å². The van der Waals surface area contributed by atoms with E-state index in [4.69, 9.17) is 10.5 Å². The standard InChI is InChI=1S/C12H24N2O2/c1-4-14(8-9(2)7-13)12(15)11-6-5-10(3)16-11/h9-11H,4-8,13H2,1-3H3. The van der Waals surface area contributed by atoms with Crippen LogP contribution in [0.1, 0.15) is 33.6 Å². The molecule has 1 fully saturated rings. The van der Waals surface area contributed by atoms with E-state index in [1.807, 2.05) is 18.7 Å². The zero-order chi connectivity index (χ0) is 12.1. The number of likely N-dealkylation sites (N-methyl/N-ethyl adjacent to an activating group) is 1. The Kier molecular flexibility index (Phi) is 5.22. The number of carbonyl (C=O) groups excluding carboxylic acids is 1. The molecule has 0 aromatic carbocycles. The van der Waals surface area contributed by atoms with Crippen LogP contribution in [0.2, 0.25) is 0 Å². The van der Waals surface area contributed by atoms with Crippen molar-refractivity contribution in [2.45, 2.75) is 45.8 Å². The summed E-state index contributed by atoms with van der Waals surface area (Å²) in [5, 5.41) is 0. The van der Waals surface area contributed by atoms with Crippen molar-refractivity contribution in [3.8, 4) is 0 Å². The summed E-state index contributed by atoms with van der Waals surface area (Å²) < 4.78 is 5.60. The van der Waals surface area contributed by atoms with Gasteiger partial charge in [0.1, 0.15) is 6.10 Å². The van der Waals surface area contributed by atoms with Gasteiger partial charge in [-0.25, -0.2) is 0 Å². The Morgan fingerprint density at radius 3 is 2.69 bits per heavy atom. The molecule has 1 heterocycles. The first kappa shape index (κ1) is 13.5. The summed E-state index contributed by atoms with van der Waals surface area (Å²) in [5.41, 5.74) is 5.58. The fraction of sp³-hybridized carbons (Fsp3) is 0.917. The van der Waals surface area contributed by atoms with Gasteiger partial charge in [-0.2, -0.15) is 0 Å². The van der Waals surface area contributed by atoms with Gasteiger partial charge < -0.3 is 15.4 Å². The summed E-state index contributed by atoms with van der Waals surface area (Å²) in [5.74, 6) is 0.481. The molecule has 0 spiro atoms. The third kappa shape index (κ3) is 3.46. The summed E-state index contributed by atoms with van der Waals surface area (Å²) in [4.78, 5) is 14.0. The van der Waals surface area contributed by atoms with Crippen LogP contribution in [0, 0.1) is 5.92 Å². The fourth-order valence-corrected chi connectivity index (χ4v) is 2.01. The molecule has 3 atom stereocenters. The fourth-order valence-electron chi connectivity index (χ4n) is 2.01. The van der Waals surface area contributed by atoms with Crippen LogP contribution in [0.4, 0.5) is 0 Å². The first-order valence-corrected chi connectivity index (χ1v) is 6.22. The quantitative estimate of drug-likeness (QED) is 0.763. The first-order valence-electron chi connectivity index (χ1n) is 6.22. The van der Waals surface area contributed by atoms with Gasteiger partial charge in [0, 0.05) is 13.1 Å². The summed E-state index contributed by atoms with van der Waals surface area (Å²) in [7, 11) is 0. The van der Waals surface area contributed by atoms with Crippen LogP contribution >= 0.6 is 0 Å². The van der Waals surface area contributed by atoms with Gasteiger partial charge in [-0.1, -0.05) is 6.92 Å². The minimum Gasteiger partial charge on any atom is -0.365 e. The number of nitrogens with zero attached hydrogens (tertiary/aromatic N) is 1. The highest BCUT2D eigenvalue weighted by Gasteiger charge is 2.31. The third-order valence-electron chi connectivity index (χ3n) is 3.14. The third-order valence-corrected chi connectivity index (χ3v) is 3.14. The average molecular weight is 228 g/mol. The second-order valence-electron chi connectivity index (χ2n) is 4.73. The molecule has 0 aromatic rings. The van der Waals surface area contributed by atoms with Crippen molar-refractivity contribution < 1.29 is 9.53 Å². The monoisotopic (exact) mass is 228 g/mol. The van der Waals surface area contributed by atoms with Gasteiger partial charge in [0.15, 0.2) is 0 Å². The van der Waals surface area contributed by atoms with Crippen molar-refractivity contribution in [2.24, 2.45) is 11.7 Å². The lowest BCUT2D eigenvalue weighted by Crippen LogP contribution is -2.42. The molecule has 0 bridgehead atoms. The van der Waals surface area contributed by atoms with Gasteiger partial charge in [0.25, 0.3) is 5.91 Å². The molecule has 1 aliphatic rings. The molecule has 1 saturated heterocycles. The molecule has 94 valence electrons. The molecule has 1 rings (SSSR count). The second kappa shape index (κ2) is 6.21. The summed E-state index contributed by atoms with van der Waals surface area (Å²) in [6, 6.07) is 0. The summed E-state index contributed by atoms with van der Waals surface area (Å²) in [6.07, 6.45) is 1.84. The van der Waals surface area contributed by atoms with E-state index in [-0.39, 0.29) is 18.1 Å². The van der Waals surface area contributed by atoms with Gasteiger partial charge >= 0.3 is 0 Å². The van der Waals surface area contributed by atoms with Crippen LogP contribution in [0.5, 0.6) is 0 Å². The average Bonchev–Trinajstić information content (AvgIpc) is 2.71. The van der Waals surface area contributed by atoms with Gasteiger partial charge in [-0.05, 0) is 39.2 Å². The van der Waals surface area contributed by atoms with E-state index in [0.717, 1.165) is 25.9 Å². The Bertz CT molecular complexity index is 233. The Labute approximate surface area is 98.1 Å². The highest BCUT2D eigenvalue weighted by atomic mass is 16.5. The second-order valence-corrected chi connectivity index (χ2v) is 4.73. The predicted octanol–water partition coefficient (Wildman–Crippen LogP) is 0.997. The van der Waals surface area contributed by atoms with Crippen LogP contribution in [-0.2, 0) is 9.53 Å². The van der Waals surface area contributed by atoms with E-state index in [9.17, 15) is 4.79 Å². The number of ether oxygens (including phenoxy) is 1. The number of carbonyl (C=O) groups is 1. The Morgan fingerprint density at radius 1 is 1.56 bits per heavy atom. The molecule has 1 amide bonds. The predicted molar refractivity (Wildman–Crippen MR) is 64.0 cm³/mol. The molecule has 0 radical (unpaired) electrons. The number of hydrogen-bond acceptors (Lipinski definition) is 3. The number of hydrogen-bond donors (Lipinski definition) is 1. The summed E-state index contributed by atoms with van der Waals surface area (Å²) in [6.45, 7) is 8.17. The molecular weight excluding hydrogens is 204 g/mol. The van der Waals surface area contributed by atoms with Gasteiger partial charge in [0.2, 0.25) is 0 Å². The van der Waals surface area contributed by atoms with E-state index in [1.165, 1.54) is 0 Å². The molecule has 4 heteroatoms. The first-order chi connectivity index (χ1) is 7.58. The minimum atomic E-state index is -0.222. The minimum absolute atomic E-state index is 0.132. The van der Waals surface area contributed by atoms with Gasteiger partial charge in [-0.15, -0.1) is 0 Å². The largest absolute Gasteiger partial charge is 0.365 e. The molecule has 0 aliphatic carbocycles. The topological polar surface area (TPSA) is 55.6 Å². The van der Waals surface area contributed by atoms with E-state index in [2.05, 4.69) is 6.92 Å². The van der Waals surface area contributed by atoms with E-state index in [1.54, 1.807) is 0 Å². The zero-order valence-corrected chi connectivity index (χ0v) is 10.6. The molecular formula is C12H24N2O2. The molecule has 0 aromatic heterocycles. The Morgan fingerprint density at radius 2 is 2.25 bits per heavy atom. The van der Waals surface area contributed by atoms with E-state index >= 15 is 0 Å². The van der Waals surface area contributed by atoms with Crippen molar-refractivity contribution in [1.82, 2.24) is 4.90 Å². The maximum absolute atomic E-state index is 12.1. The summed E-state index contributed by atoms with van der Waals surface area (Å²) >= 11 is 0. The van der Waals surface area contributed by atoms with Crippen molar-refractivity contribution in [2.75, 3.05) is 19.6 Å². The van der Waals surface area contributed by atoms with Gasteiger partial charge in [0.05, 0.1) is 6.10 Å². The smallest absolute Gasteiger partial charge is 0.251 e. The molecule has 4 nitrogen and oxygen atoms in total. The van der Waals surface area contributed by atoms with Crippen molar-refractivity contribution in [1.29, 1.82) is 0 Å². The van der Waals surface area contributed by atoms with Crippen LogP contribution in [0.15, 0.2) is 0 Å². The van der Waals surface area contributed by atoms with Crippen LogP contribution in [0.3, 0.4) is 0 Å². The molecule has 0 saturated carbocycles. The highest BCUT2D eigenvalue weighted by molar-refractivity contribution is 5.81. The van der Waals surface area contributed by atoms with Crippen molar-refractivity contribution >= 4 is 5.91 Å². The lowest BCUT2D eigenvalue weighted by molar-refractivity contribution is -0.143. The van der Waals surface area contributed by atoms with Gasteiger partial charge in [-0.3, -0.25) is 4.79 Å². The Balaban J connectivity index is 2.49. The molecule has 2 N–H and O–H groups in total. The molecule has 16 heavy (non-hydrogen) atoms. The highest BCUT2D eigenvalue weighted by Crippen LogP contribution is 2.21. The maximum Gasteiger partial charge on any atom is 0.251 e.